The van der Waals surface area contributed by atoms with Crippen LogP contribution in [0.3, 0.4) is 0 Å². The molecule has 6 nitrogen and oxygen atoms in total. The number of amides is 1. The van der Waals surface area contributed by atoms with Crippen LogP contribution in [0.4, 0.5) is 25.1 Å². The number of nitrogens with zero attached hydrogens (tertiary/aromatic N) is 2. The minimum Gasteiger partial charge on any atom is -0.465 e. The predicted octanol–water partition coefficient (Wildman–Crippen LogP) is 4.04. The number of ether oxygens (including phenoxy) is 1. The van der Waals surface area contributed by atoms with Gasteiger partial charge in [-0.1, -0.05) is 0 Å². The van der Waals surface area contributed by atoms with E-state index >= 15 is 0 Å². The van der Waals surface area contributed by atoms with Gasteiger partial charge in [0, 0.05) is 31.3 Å². The Bertz CT molecular complexity index is 798. The van der Waals surface area contributed by atoms with E-state index in [0.717, 1.165) is 6.07 Å². The quantitative estimate of drug-likeness (QED) is 0.871. The van der Waals surface area contributed by atoms with E-state index in [1.165, 1.54) is 18.3 Å². The highest BCUT2D eigenvalue weighted by atomic mass is 19.1. The van der Waals surface area contributed by atoms with Gasteiger partial charge in [-0.2, -0.15) is 0 Å². The number of alkyl halides is 1. The maximum atomic E-state index is 14.0. The minimum absolute atomic E-state index is 0.158. The van der Waals surface area contributed by atoms with Crippen LogP contribution in [-0.4, -0.2) is 34.9 Å². The van der Waals surface area contributed by atoms with E-state index in [-0.39, 0.29) is 18.0 Å². The van der Waals surface area contributed by atoms with Crippen LogP contribution in [0, 0.1) is 5.82 Å². The maximum absolute atomic E-state index is 14.0. The zero-order valence-electron chi connectivity index (χ0n) is 13.5. The molecule has 0 radical (unpaired) electrons. The van der Waals surface area contributed by atoms with Gasteiger partial charge in [-0.15, -0.1) is 0 Å². The summed E-state index contributed by atoms with van der Waals surface area (Å²) >= 11 is 0. The summed E-state index contributed by atoms with van der Waals surface area (Å²) in [6.45, 7) is 2.38. The van der Waals surface area contributed by atoms with Crippen LogP contribution in [0.5, 0.6) is 11.5 Å². The highest BCUT2D eigenvalue weighted by Gasteiger charge is 2.34. The molecule has 1 atom stereocenters. The molecule has 1 unspecified atom stereocenters. The number of carboxylic acid groups (broad SMARTS) is 1. The average Bonchev–Trinajstić information content (AvgIpc) is 2.90. The molecule has 2 heterocycles. The van der Waals surface area contributed by atoms with Gasteiger partial charge in [-0.3, -0.25) is 5.32 Å². The van der Waals surface area contributed by atoms with Crippen molar-refractivity contribution in [3.05, 3.63) is 42.3 Å². The second kappa shape index (κ2) is 6.54. The molecule has 8 heteroatoms. The standard InChI is InChI=1S/C17H17F2N3O3/c1-17(19)5-7-22(10-17)15-9-12(4-6-20-15)25-11-2-3-14(13(18)8-11)21-16(23)24/h2-4,6,8-9,21H,5,7,10H2,1H3,(H,23,24). The van der Waals surface area contributed by atoms with Gasteiger partial charge in [0.1, 0.15) is 23.0 Å². The summed E-state index contributed by atoms with van der Waals surface area (Å²) in [5.41, 5.74) is -1.40. The molecule has 1 amide bonds. The average molecular weight is 349 g/mol. The molecule has 1 saturated heterocycles. The van der Waals surface area contributed by atoms with Gasteiger partial charge >= 0.3 is 6.09 Å². The molecule has 0 saturated carbocycles. The van der Waals surface area contributed by atoms with Gasteiger partial charge in [0.25, 0.3) is 0 Å². The molecule has 0 bridgehead atoms. The molecule has 1 fully saturated rings. The van der Waals surface area contributed by atoms with E-state index in [1.807, 2.05) is 10.2 Å². The number of hydrogen-bond donors (Lipinski definition) is 2. The fraction of sp³-hybridized carbons (Fsp3) is 0.294. The van der Waals surface area contributed by atoms with E-state index < -0.39 is 17.6 Å². The molecule has 2 aromatic rings. The molecule has 2 N–H and O–H groups in total. The van der Waals surface area contributed by atoms with E-state index in [2.05, 4.69) is 4.98 Å². The summed E-state index contributed by atoms with van der Waals surface area (Å²) in [4.78, 5) is 16.6. The predicted molar refractivity (Wildman–Crippen MR) is 88.7 cm³/mol. The molecule has 1 aromatic carbocycles. The Morgan fingerprint density at radius 1 is 1.36 bits per heavy atom. The molecular weight excluding hydrogens is 332 g/mol. The number of aromatic nitrogens is 1. The van der Waals surface area contributed by atoms with Crippen molar-refractivity contribution >= 4 is 17.6 Å². The lowest BCUT2D eigenvalue weighted by molar-refractivity contribution is 0.209. The molecule has 1 aliphatic rings. The fourth-order valence-electron chi connectivity index (χ4n) is 2.67. The van der Waals surface area contributed by atoms with Gasteiger partial charge in [0.05, 0.1) is 12.2 Å². The van der Waals surface area contributed by atoms with Gasteiger partial charge < -0.3 is 14.7 Å². The van der Waals surface area contributed by atoms with Gasteiger partial charge in [0.15, 0.2) is 5.82 Å². The Labute approximate surface area is 143 Å². The third-order valence-corrected chi connectivity index (χ3v) is 3.88. The Balaban J connectivity index is 1.74. The molecule has 1 aromatic heterocycles. The molecule has 25 heavy (non-hydrogen) atoms. The SMILES string of the molecule is CC1(F)CCN(c2cc(Oc3ccc(NC(=O)O)c(F)c3)ccn2)C1. The van der Waals surface area contributed by atoms with Crippen molar-refractivity contribution in [2.75, 3.05) is 23.3 Å². The number of nitrogens with one attached hydrogen (secondary N) is 1. The smallest absolute Gasteiger partial charge is 0.409 e. The number of hydrogen-bond acceptors (Lipinski definition) is 4. The Morgan fingerprint density at radius 2 is 2.12 bits per heavy atom. The van der Waals surface area contributed by atoms with Crippen LogP contribution in [0.25, 0.3) is 0 Å². The lowest BCUT2D eigenvalue weighted by atomic mass is 10.1. The number of benzene rings is 1. The van der Waals surface area contributed by atoms with Crippen LogP contribution in [0.15, 0.2) is 36.5 Å². The van der Waals surface area contributed by atoms with Crippen LogP contribution >= 0.6 is 0 Å². The largest absolute Gasteiger partial charge is 0.465 e. The Hall–Kier alpha value is -2.90. The lowest BCUT2D eigenvalue weighted by Gasteiger charge is -2.19. The normalized spacial score (nSPS) is 19.7. The monoisotopic (exact) mass is 349 g/mol. The molecule has 0 aliphatic carbocycles. The minimum atomic E-state index is -1.35. The first-order chi connectivity index (χ1) is 11.8. The van der Waals surface area contributed by atoms with Crippen molar-refractivity contribution in [1.29, 1.82) is 0 Å². The van der Waals surface area contributed by atoms with E-state index in [1.54, 1.807) is 19.1 Å². The van der Waals surface area contributed by atoms with Crippen molar-refractivity contribution in [1.82, 2.24) is 4.98 Å². The molecule has 1 aliphatic heterocycles. The van der Waals surface area contributed by atoms with Crippen molar-refractivity contribution in [2.45, 2.75) is 19.0 Å². The summed E-state index contributed by atoms with van der Waals surface area (Å²) in [6.07, 6.45) is 0.620. The first-order valence-electron chi connectivity index (χ1n) is 7.70. The molecule has 3 rings (SSSR count). The van der Waals surface area contributed by atoms with Gasteiger partial charge in [-0.05, 0) is 25.1 Å². The van der Waals surface area contributed by atoms with E-state index in [0.29, 0.717) is 24.5 Å². The van der Waals surface area contributed by atoms with Gasteiger partial charge in [0.2, 0.25) is 0 Å². The first kappa shape index (κ1) is 16.9. The topological polar surface area (TPSA) is 74.7 Å². The third kappa shape index (κ3) is 4.14. The summed E-state index contributed by atoms with van der Waals surface area (Å²) < 4.78 is 33.4. The summed E-state index contributed by atoms with van der Waals surface area (Å²) in [6, 6.07) is 7.07. The number of carbonyl (C=O) groups is 1. The van der Waals surface area contributed by atoms with Crippen LogP contribution in [-0.2, 0) is 0 Å². The Morgan fingerprint density at radius 3 is 2.76 bits per heavy atom. The van der Waals surface area contributed by atoms with Crippen LogP contribution in [0.1, 0.15) is 13.3 Å². The zero-order valence-corrected chi connectivity index (χ0v) is 13.5. The second-order valence-electron chi connectivity index (χ2n) is 6.11. The van der Waals surface area contributed by atoms with Crippen LogP contribution in [0.2, 0.25) is 0 Å². The second-order valence-corrected chi connectivity index (χ2v) is 6.11. The zero-order chi connectivity index (χ0) is 18.0. The van der Waals surface area contributed by atoms with Crippen molar-refractivity contribution < 1.29 is 23.4 Å². The molecule has 132 valence electrons. The van der Waals surface area contributed by atoms with Gasteiger partial charge in [-0.25, -0.2) is 18.6 Å². The third-order valence-electron chi connectivity index (χ3n) is 3.88. The van der Waals surface area contributed by atoms with Crippen molar-refractivity contribution in [3.63, 3.8) is 0 Å². The summed E-state index contributed by atoms with van der Waals surface area (Å²) in [5, 5.41) is 10.6. The number of halogens is 2. The highest BCUT2D eigenvalue weighted by Crippen LogP contribution is 2.31. The number of pyridine rings is 1. The summed E-state index contributed by atoms with van der Waals surface area (Å²) in [5.74, 6) is 0.476. The van der Waals surface area contributed by atoms with E-state index in [4.69, 9.17) is 9.84 Å². The van der Waals surface area contributed by atoms with Crippen LogP contribution < -0.4 is 15.0 Å². The fourth-order valence-corrected chi connectivity index (χ4v) is 2.67. The van der Waals surface area contributed by atoms with Crippen molar-refractivity contribution in [2.24, 2.45) is 0 Å². The number of anilines is 2. The first-order valence-corrected chi connectivity index (χ1v) is 7.70. The molecule has 0 spiro atoms. The number of rotatable bonds is 4. The molecular formula is C17H17F2N3O3. The van der Waals surface area contributed by atoms with Crippen molar-refractivity contribution in [3.8, 4) is 11.5 Å². The highest BCUT2D eigenvalue weighted by molar-refractivity contribution is 5.83. The lowest BCUT2D eigenvalue weighted by Crippen LogP contribution is -2.26. The maximum Gasteiger partial charge on any atom is 0.409 e. The Kier molecular flexibility index (Phi) is 4.43. The summed E-state index contributed by atoms with van der Waals surface area (Å²) in [7, 11) is 0. The van der Waals surface area contributed by atoms with E-state index in [9.17, 15) is 13.6 Å².